The van der Waals surface area contributed by atoms with Crippen molar-refractivity contribution in [3.63, 3.8) is 0 Å². The molecule has 4 rings (SSSR count). The van der Waals surface area contributed by atoms with Crippen molar-refractivity contribution in [2.75, 3.05) is 10.7 Å². The molecule has 2 aromatic carbocycles. The van der Waals surface area contributed by atoms with Gasteiger partial charge in [-0.1, -0.05) is 44.2 Å². The molecule has 0 aliphatic carbocycles. The highest BCUT2D eigenvalue weighted by molar-refractivity contribution is 7.85. The number of fused-ring (bicyclic) bond motifs is 2. The van der Waals surface area contributed by atoms with Gasteiger partial charge in [-0.05, 0) is 55.2 Å². The molecule has 0 saturated carbocycles. The molecule has 0 saturated heterocycles. The van der Waals surface area contributed by atoms with E-state index in [2.05, 4.69) is 17.9 Å². The number of rotatable bonds is 7. The number of pyridine rings is 1. The highest BCUT2D eigenvalue weighted by atomic mass is 32.2. The monoisotopic (exact) mass is 438 g/mol. The summed E-state index contributed by atoms with van der Waals surface area (Å²) < 4.78 is 39.1. The Morgan fingerprint density at radius 2 is 1.55 bits per heavy atom. The molecule has 0 fully saturated rings. The second kappa shape index (κ2) is 8.69. The van der Waals surface area contributed by atoms with Crippen LogP contribution in [0.15, 0.2) is 60.7 Å². The van der Waals surface area contributed by atoms with E-state index in [1.54, 1.807) is 0 Å². The van der Waals surface area contributed by atoms with Crippen LogP contribution >= 0.6 is 0 Å². The summed E-state index contributed by atoms with van der Waals surface area (Å²) >= 11 is 0. The largest absolute Gasteiger partial charge is 0.453 e. The average Bonchev–Trinajstić information content (AvgIpc) is 2.77. The fourth-order valence-corrected chi connectivity index (χ4v) is 4.57. The minimum absolute atomic E-state index is 0.189. The summed E-state index contributed by atoms with van der Waals surface area (Å²) in [5.41, 5.74) is 4.51. The lowest BCUT2D eigenvalue weighted by Gasteiger charge is -2.39. The number of nitrogens with zero attached hydrogens (tertiary/aromatic N) is 2. The predicted molar refractivity (Wildman–Crippen MR) is 122 cm³/mol. The summed E-state index contributed by atoms with van der Waals surface area (Å²) in [5, 5.41) is 0. The SMILES string of the molecule is CCc1ccc(CC)c(C(CCS(=O)(=O)O)N2c3ccccc3Oc3ccccc32)n1. The molecular formula is C24H26N2O4S. The van der Waals surface area contributed by atoms with Gasteiger partial charge in [0.25, 0.3) is 10.1 Å². The Morgan fingerprint density at radius 1 is 0.935 bits per heavy atom. The molecule has 1 aromatic heterocycles. The molecule has 162 valence electrons. The Balaban J connectivity index is 1.93. The van der Waals surface area contributed by atoms with Gasteiger partial charge in [-0.15, -0.1) is 0 Å². The van der Waals surface area contributed by atoms with Crippen molar-refractivity contribution in [3.05, 3.63) is 77.6 Å². The zero-order valence-corrected chi connectivity index (χ0v) is 18.5. The second-order valence-corrected chi connectivity index (χ2v) is 9.12. The van der Waals surface area contributed by atoms with E-state index in [0.717, 1.165) is 41.2 Å². The van der Waals surface area contributed by atoms with E-state index in [1.807, 2.05) is 61.5 Å². The van der Waals surface area contributed by atoms with Crippen molar-refractivity contribution in [1.82, 2.24) is 4.98 Å². The number of ether oxygens (including phenoxy) is 1. The van der Waals surface area contributed by atoms with E-state index in [1.165, 1.54) is 0 Å². The zero-order valence-electron chi connectivity index (χ0n) is 17.7. The minimum Gasteiger partial charge on any atom is -0.453 e. The van der Waals surface area contributed by atoms with Crippen molar-refractivity contribution in [1.29, 1.82) is 0 Å². The average molecular weight is 439 g/mol. The lowest BCUT2D eigenvalue weighted by Crippen LogP contribution is -2.30. The van der Waals surface area contributed by atoms with Crippen molar-refractivity contribution in [2.45, 2.75) is 39.2 Å². The molecule has 1 N–H and O–H groups in total. The van der Waals surface area contributed by atoms with Gasteiger partial charge in [-0.3, -0.25) is 9.54 Å². The molecule has 2 heterocycles. The summed E-state index contributed by atoms with van der Waals surface area (Å²) in [5.74, 6) is 1.03. The number of para-hydroxylation sites is 4. The quantitative estimate of drug-likeness (QED) is 0.493. The molecule has 31 heavy (non-hydrogen) atoms. The Morgan fingerprint density at radius 3 is 2.10 bits per heavy atom. The standard InChI is InChI=1S/C24H26N2O4S/c1-3-17-13-14-18(4-2)25-24(17)21(15-16-31(27,28)29)26-19-9-5-7-11-22(19)30-23-12-8-6-10-20(23)26/h5-14,21H,3-4,15-16H2,1-2H3,(H,27,28,29). The van der Waals surface area contributed by atoms with Gasteiger partial charge in [-0.2, -0.15) is 8.42 Å². The first kappa shape index (κ1) is 21.3. The van der Waals surface area contributed by atoms with Crippen LogP contribution in [-0.2, 0) is 23.0 Å². The maximum atomic E-state index is 11.7. The maximum Gasteiger partial charge on any atom is 0.264 e. The van der Waals surface area contributed by atoms with Gasteiger partial charge in [0.1, 0.15) is 0 Å². The molecule has 1 unspecified atom stereocenters. The third-order valence-corrected chi connectivity index (χ3v) is 6.31. The Bertz CT molecular complexity index is 1150. The summed E-state index contributed by atoms with van der Waals surface area (Å²) in [4.78, 5) is 7.02. The first-order valence-corrected chi connectivity index (χ1v) is 12.1. The van der Waals surface area contributed by atoms with Gasteiger partial charge in [0.05, 0.1) is 28.9 Å². The Labute approximate surface area is 183 Å². The Hall–Kier alpha value is -2.90. The topological polar surface area (TPSA) is 79.7 Å². The highest BCUT2D eigenvalue weighted by Gasteiger charge is 2.33. The predicted octanol–water partition coefficient (Wildman–Crippen LogP) is 5.47. The van der Waals surface area contributed by atoms with E-state index in [4.69, 9.17) is 9.72 Å². The van der Waals surface area contributed by atoms with Gasteiger partial charge in [0.2, 0.25) is 0 Å². The van der Waals surface area contributed by atoms with Crippen LogP contribution in [0.25, 0.3) is 0 Å². The van der Waals surface area contributed by atoms with Crippen molar-refractivity contribution in [3.8, 4) is 11.5 Å². The third-order valence-electron chi connectivity index (χ3n) is 5.56. The van der Waals surface area contributed by atoms with Crippen LogP contribution in [0.5, 0.6) is 11.5 Å². The summed E-state index contributed by atoms with van der Waals surface area (Å²) in [6, 6.07) is 19.1. The second-order valence-electron chi connectivity index (χ2n) is 7.55. The Kier molecular flexibility index (Phi) is 5.98. The zero-order chi connectivity index (χ0) is 22.0. The molecular weight excluding hydrogens is 412 g/mol. The van der Waals surface area contributed by atoms with Crippen LogP contribution in [0.2, 0.25) is 0 Å². The first-order chi connectivity index (χ1) is 14.9. The summed E-state index contributed by atoms with van der Waals surface area (Å²) in [6.07, 6.45) is 1.73. The highest BCUT2D eigenvalue weighted by Crippen LogP contribution is 2.51. The van der Waals surface area contributed by atoms with E-state index in [9.17, 15) is 13.0 Å². The molecule has 1 aliphatic heterocycles. The van der Waals surface area contributed by atoms with E-state index < -0.39 is 16.2 Å². The molecule has 0 radical (unpaired) electrons. The molecule has 6 nitrogen and oxygen atoms in total. The first-order valence-electron chi connectivity index (χ1n) is 10.5. The summed E-state index contributed by atoms with van der Waals surface area (Å²) in [7, 11) is -4.14. The van der Waals surface area contributed by atoms with Crippen molar-refractivity contribution >= 4 is 21.5 Å². The fraction of sp³-hybridized carbons (Fsp3) is 0.292. The van der Waals surface area contributed by atoms with Gasteiger partial charge >= 0.3 is 0 Å². The van der Waals surface area contributed by atoms with Crippen LogP contribution < -0.4 is 9.64 Å². The number of anilines is 2. The maximum absolute atomic E-state index is 11.7. The number of aryl methyl sites for hydroxylation is 2. The van der Waals surface area contributed by atoms with Gasteiger partial charge < -0.3 is 9.64 Å². The summed E-state index contributed by atoms with van der Waals surface area (Å²) in [6.45, 7) is 4.11. The number of hydrogen-bond acceptors (Lipinski definition) is 5. The number of aromatic nitrogens is 1. The molecule has 3 aromatic rings. The lowest BCUT2D eigenvalue weighted by atomic mass is 9.98. The molecule has 7 heteroatoms. The lowest BCUT2D eigenvalue weighted by molar-refractivity contribution is 0.459. The number of benzene rings is 2. The van der Waals surface area contributed by atoms with Crippen molar-refractivity contribution < 1.29 is 17.7 Å². The van der Waals surface area contributed by atoms with Crippen molar-refractivity contribution in [2.24, 2.45) is 0 Å². The fourth-order valence-electron chi connectivity index (χ4n) is 4.05. The van der Waals surface area contributed by atoms with Crippen LogP contribution in [0.3, 0.4) is 0 Å². The van der Waals surface area contributed by atoms with Gasteiger partial charge in [0.15, 0.2) is 11.5 Å². The molecule has 0 amide bonds. The van der Waals surface area contributed by atoms with Gasteiger partial charge in [-0.25, -0.2) is 0 Å². The van der Waals surface area contributed by atoms with Gasteiger partial charge in [0, 0.05) is 5.69 Å². The number of hydrogen-bond donors (Lipinski definition) is 1. The van der Waals surface area contributed by atoms with E-state index in [0.29, 0.717) is 11.5 Å². The molecule has 1 atom stereocenters. The van der Waals surface area contributed by atoms with Crippen LogP contribution in [0.1, 0.15) is 43.3 Å². The third kappa shape index (κ3) is 4.43. The molecule has 0 spiro atoms. The molecule has 1 aliphatic rings. The van der Waals surface area contributed by atoms with E-state index in [-0.39, 0.29) is 12.2 Å². The van der Waals surface area contributed by atoms with Crippen LogP contribution in [0, 0.1) is 0 Å². The van der Waals surface area contributed by atoms with E-state index >= 15 is 0 Å². The normalized spacial score (nSPS) is 13.8. The van der Waals surface area contributed by atoms with Crippen LogP contribution in [-0.4, -0.2) is 23.7 Å². The van der Waals surface area contributed by atoms with Crippen LogP contribution in [0.4, 0.5) is 11.4 Å². The minimum atomic E-state index is -4.14. The molecule has 0 bridgehead atoms. The smallest absolute Gasteiger partial charge is 0.264 e.